The number of benzene rings is 1. The zero-order valence-corrected chi connectivity index (χ0v) is 12.3. The first-order valence-corrected chi connectivity index (χ1v) is 6.85. The maximum Gasteiger partial charge on any atom is 0.335 e. The van der Waals surface area contributed by atoms with Crippen LogP contribution in [0.4, 0.5) is 0 Å². The van der Waals surface area contributed by atoms with Crippen molar-refractivity contribution >= 4 is 23.4 Å². The van der Waals surface area contributed by atoms with Gasteiger partial charge in [0.15, 0.2) is 5.78 Å². The molecule has 0 atom stereocenters. The first-order valence-electron chi connectivity index (χ1n) is 6.47. The summed E-state index contributed by atoms with van der Waals surface area (Å²) >= 11 is 6.16. The molecule has 1 aromatic rings. The lowest BCUT2D eigenvalue weighted by atomic mass is 9.93. The fourth-order valence-electron chi connectivity index (χ4n) is 1.86. The Hall–Kier alpha value is -2.13. The Kier molecular flexibility index (Phi) is 4.43. The van der Waals surface area contributed by atoms with Crippen LogP contribution in [0.25, 0.3) is 0 Å². The van der Waals surface area contributed by atoms with Gasteiger partial charge in [0.05, 0.1) is 5.92 Å². The van der Waals surface area contributed by atoms with Gasteiger partial charge in [-0.05, 0) is 19.1 Å². The molecule has 4 heteroatoms. The highest BCUT2D eigenvalue weighted by Gasteiger charge is 2.30. The third-order valence-corrected chi connectivity index (χ3v) is 3.35. The van der Waals surface area contributed by atoms with Crippen LogP contribution < -0.4 is 0 Å². The van der Waals surface area contributed by atoms with Gasteiger partial charge in [-0.2, -0.15) is 0 Å². The van der Waals surface area contributed by atoms with E-state index in [-0.39, 0.29) is 11.4 Å². The second-order valence-electron chi connectivity index (χ2n) is 4.84. The van der Waals surface area contributed by atoms with Crippen LogP contribution in [0.2, 0.25) is 0 Å². The summed E-state index contributed by atoms with van der Waals surface area (Å²) in [4.78, 5) is 23.8. The van der Waals surface area contributed by atoms with E-state index in [1.54, 1.807) is 31.2 Å². The van der Waals surface area contributed by atoms with E-state index in [4.69, 9.17) is 16.3 Å². The number of ketones is 1. The lowest BCUT2D eigenvalue weighted by Crippen LogP contribution is -2.28. The van der Waals surface area contributed by atoms with E-state index in [0.29, 0.717) is 5.56 Å². The Balaban J connectivity index is 2.09. The number of ether oxygens (including phenoxy) is 1. The van der Waals surface area contributed by atoms with Crippen LogP contribution in [0.3, 0.4) is 0 Å². The molecule has 3 nitrogen and oxygen atoms in total. The smallest absolute Gasteiger partial charge is 0.335 e. The second-order valence-corrected chi connectivity index (χ2v) is 5.43. The summed E-state index contributed by atoms with van der Waals surface area (Å²) < 4.78 is 5.12. The molecule has 0 spiro atoms. The van der Waals surface area contributed by atoms with Gasteiger partial charge < -0.3 is 4.74 Å². The third kappa shape index (κ3) is 3.70. The lowest BCUT2D eigenvalue weighted by molar-refractivity contribution is -0.142. The van der Waals surface area contributed by atoms with Crippen LogP contribution >= 0.6 is 11.6 Å². The van der Waals surface area contributed by atoms with Gasteiger partial charge >= 0.3 is 5.97 Å². The molecule has 0 fully saturated rings. The van der Waals surface area contributed by atoms with Crippen LogP contribution in [0.5, 0.6) is 0 Å². The third-order valence-electron chi connectivity index (χ3n) is 3.02. The maximum absolute atomic E-state index is 12.3. The Morgan fingerprint density at radius 1 is 1.19 bits per heavy atom. The van der Waals surface area contributed by atoms with Crippen LogP contribution in [0.15, 0.2) is 66.8 Å². The van der Waals surface area contributed by atoms with Gasteiger partial charge in [0, 0.05) is 11.1 Å². The number of alkyl halides is 1. The molecule has 0 aliphatic heterocycles. The number of rotatable bonds is 4. The van der Waals surface area contributed by atoms with E-state index < -0.39 is 16.9 Å². The average Bonchev–Trinajstić information content (AvgIpc) is 2.48. The van der Waals surface area contributed by atoms with Gasteiger partial charge in [-0.3, -0.25) is 4.79 Å². The maximum atomic E-state index is 12.3. The molecule has 0 saturated carbocycles. The molecule has 0 unspecified atom stereocenters. The molecule has 0 aromatic heterocycles. The molecular weight excluding hydrogens is 288 g/mol. The minimum absolute atomic E-state index is 0.0342. The first kappa shape index (κ1) is 15.3. The number of hydrogen-bond donors (Lipinski definition) is 0. The van der Waals surface area contributed by atoms with Gasteiger partial charge in [0.25, 0.3) is 0 Å². The van der Waals surface area contributed by atoms with E-state index in [9.17, 15) is 9.59 Å². The molecule has 0 amide bonds. The molecule has 1 aromatic carbocycles. The molecular formula is C17H15ClO3. The van der Waals surface area contributed by atoms with Crippen molar-refractivity contribution in [1.29, 1.82) is 0 Å². The highest BCUT2D eigenvalue weighted by Crippen LogP contribution is 2.29. The molecule has 1 aliphatic carbocycles. The summed E-state index contributed by atoms with van der Waals surface area (Å²) in [5.41, 5.74) is 0.886. The van der Waals surface area contributed by atoms with Crippen molar-refractivity contribution in [1.82, 2.24) is 0 Å². The molecule has 2 rings (SSSR count). The van der Waals surface area contributed by atoms with Gasteiger partial charge in [0.2, 0.25) is 5.06 Å². The average molecular weight is 303 g/mol. The van der Waals surface area contributed by atoms with Crippen molar-refractivity contribution in [3.8, 4) is 0 Å². The first-order chi connectivity index (χ1) is 9.91. The number of esters is 1. The van der Waals surface area contributed by atoms with E-state index >= 15 is 0 Å². The predicted octanol–water partition coefficient (Wildman–Crippen LogP) is 3.67. The summed E-state index contributed by atoms with van der Waals surface area (Å²) in [5.74, 6) is -1.03. The highest BCUT2D eigenvalue weighted by atomic mass is 35.5. The van der Waals surface area contributed by atoms with Gasteiger partial charge in [-0.15, -0.1) is 0 Å². The number of carbonyl (C=O) groups excluding carboxylic acids is 2. The van der Waals surface area contributed by atoms with Crippen LogP contribution in [0.1, 0.15) is 17.3 Å². The highest BCUT2D eigenvalue weighted by molar-refractivity contribution is 6.26. The number of hydrogen-bond acceptors (Lipinski definition) is 3. The fraction of sp³-hybridized carbons (Fsp3) is 0.176. The number of allylic oxidation sites excluding steroid dienone is 2. The van der Waals surface area contributed by atoms with Crippen molar-refractivity contribution in [2.45, 2.75) is 12.0 Å². The standard InChI is InChI=1S/C17H15ClO3/c1-12(2)16(20)21-17(18)10-8-14(9-11-17)15(19)13-6-4-3-5-7-13/h3-11,14H,1H2,2H3. The van der Waals surface area contributed by atoms with Crippen LogP contribution in [0, 0.1) is 5.92 Å². The number of Topliss-reactive ketones (excluding diaryl/α,β-unsaturated/α-hetero) is 1. The summed E-state index contributed by atoms with van der Waals surface area (Å²) in [6, 6.07) is 8.99. The van der Waals surface area contributed by atoms with E-state index in [0.717, 1.165) is 0 Å². The van der Waals surface area contributed by atoms with Crippen molar-refractivity contribution in [2.75, 3.05) is 0 Å². The second kappa shape index (κ2) is 6.10. The molecule has 0 saturated heterocycles. The Morgan fingerprint density at radius 2 is 1.76 bits per heavy atom. The fourth-order valence-corrected chi connectivity index (χ4v) is 2.07. The Bertz CT molecular complexity index is 615. The summed E-state index contributed by atoms with van der Waals surface area (Å²) in [6.07, 6.45) is 6.27. The molecule has 108 valence electrons. The van der Waals surface area contributed by atoms with Crippen molar-refractivity contribution in [3.63, 3.8) is 0 Å². The molecule has 21 heavy (non-hydrogen) atoms. The largest absolute Gasteiger partial charge is 0.432 e. The minimum Gasteiger partial charge on any atom is -0.432 e. The van der Waals surface area contributed by atoms with Gasteiger partial charge in [-0.25, -0.2) is 4.79 Å². The number of carbonyl (C=O) groups is 2. The zero-order valence-electron chi connectivity index (χ0n) is 11.6. The van der Waals surface area contributed by atoms with Crippen LogP contribution in [-0.4, -0.2) is 16.8 Å². The van der Waals surface area contributed by atoms with Crippen molar-refractivity contribution in [2.24, 2.45) is 5.92 Å². The van der Waals surface area contributed by atoms with Crippen molar-refractivity contribution in [3.05, 3.63) is 72.4 Å². The topological polar surface area (TPSA) is 43.4 Å². The summed E-state index contributed by atoms with van der Waals surface area (Å²) in [6.45, 7) is 5.04. The monoisotopic (exact) mass is 302 g/mol. The van der Waals surface area contributed by atoms with E-state index in [1.165, 1.54) is 12.2 Å². The quantitative estimate of drug-likeness (QED) is 0.280. The van der Waals surface area contributed by atoms with Gasteiger partial charge in [-0.1, -0.05) is 60.7 Å². The molecule has 1 aliphatic rings. The van der Waals surface area contributed by atoms with Crippen molar-refractivity contribution < 1.29 is 14.3 Å². The minimum atomic E-state index is -1.36. The normalized spacial score (nSPS) is 23.6. The summed E-state index contributed by atoms with van der Waals surface area (Å²) in [7, 11) is 0. The van der Waals surface area contributed by atoms with Gasteiger partial charge in [0.1, 0.15) is 0 Å². The Labute approximate surface area is 128 Å². The molecule has 0 heterocycles. The number of halogens is 1. The van der Waals surface area contributed by atoms with Crippen LogP contribution in [-0.2, 0) is 9.53 Å². The molecule has 0 radical (unpaired) electrons. The Morgan fingerprint density at radius 3 is 2.29 bits per heavy atom. The molecule has 0 bridgehead atoms. The van der Waals surface area contributed by atoms with E-state index in [2.05, 4.69) is 6.58 Å². The SMILES string of the molecule is C=C(C)C(=O)OC1(Cl)C=CC(C(=O)c2ccccc2)C=C1. The predicted molar refractivity (Wildman–Crippen MR) is 82.0 cm³/mol. The zero-order chi connectivity index (χ0) is 15.5. The summed E-state index contributed by atoms with van der Waals surface area (Å²) in [5, 5.41) is -1.36. The van der Waals surface area contributed by atoms with E-state index in [1.807, 2.05) is 18.2 Å². The molecule has 0 N–H and O–H groups in total. The lowest BCUT2D eigenvalue weighted by Gasteiger charge is -2.24.